The maximum Gasteiger partial charge on any atom is 0.251 e. The fourth-order valence-electron chi connectivity index (χ4n) is 1.22. The maximum atomic E-state index is 11.7. The van der Waals surface area contributed by atoms with Gasteiger partial charge >= 0.3 is 0 Å². The molecule has 0 bridgehead atoms. The molecule has 84 valence electrons. The minimum atomic E-state index is -0.277. The Labute approximate surface area is 94.3 Å². The van der Waals surface area contributed by atoms with Crippen molar-refractivity contribution in [2.75, 3.05) is 0 Å². The second kappa shape index (κ2) is 5.17. The standard InChI is InChI=1S/C12H14N2O2/c1-4-5-9(2)13-12(16)10-6-7-14(3)11(15)8-10/h1,6-9H,5H2,2-3H3,(H,13,16). The van der Waals surface area contributed by atoms with E-state index in [2.05, 4.69) is 11.2 Å². The van der Waals surface area contributed by atoms with Gasteiger partial charge in [-0.15, -0.1) is 12.3 Å². The zero-order chi connectivity index (χ0) is 12.1. The molecule has 1 unspecified atom stereocenters. The molecular formula is C12H14N2O2. The molecule has 0 saturated heterocycles. The molecule has 4 heteroatoms. The highest BCUT2D eigenvalue weighted by molar-refractivity contribution is 5.94. The zero-order valence-electron chi connectivity index (χ0n) is 9.36. The monoisotopic (exact) mass is 218 g/mol. The number of aryl methyl sites for hydroxylation is 1. The second-order valence-electron chi connectivity index (χ2n) is 3.65. The van der Waals surface area contributed by atoms with Gasteiger partial charge in [0.1, 0.15) is 0 Å². The number of pyridine rings is 1. The first-order valence-electron chi connectivity index (χ1n) is 4.95. The summed E-state index contributed by atoms with van der Waals surface area (Å²) >= 11 is 0. The quantitative estimate of drug-likeness (QED) is 0.752. The summed E-state index contributed by atoms with van der Waals surface area (Å²) in [4.78, 5) is 23.0. The summed E-state index contributed by atoms with van der Waals surface area (Å²) in [7, 11) is 1.63. The lowest BCUT2D eigenvalue weighted by Gasteiger charge is -2.10. The Bertz CT molecular complexity index is 483. The van der Waals surface area contributed by atoms with E-state index in [-0.39, 0.29) is 17.5 Å². The lowest BCUT2D eigenvalue weighted by atomic mass is 10.2. The Morgan fingerprint density at radius 3 is 2.94 bits per heavy atom. The average Bonchev–Trinajstić information content (AvgIpc) is 2.22. The molecule has 1 atom stereocenters. The third-order valence-corrected chi connectivity index (χ3v) is 2.17. The van der Waals surface area contributed by atoms with E-state index in [0.29, 0.717) is 12.0 Å². The van der Waals surface area contributed by atoms with Gasteiger partial charge in [-0.2, -0.15) is 0 Å². The number of carbonyl (C=O) groups excluding carboxylic acids is 1. The molecule has 16 heavy (non-hydrogen) atoms. The van der Waals surface area contributed by atoms with Crippen molar-refractivity contribution in [3.8, 4) is 12.3 Å². The molecule has 0 spiro atoms. The summed E-state index contributed by atoms with van der Waals surface area (Å²) in [6, 6.07) is 2.80. The largest absolute Gasteiger partial charge is 0.349 e. The highest BCUT2D eigenvalue weighted by Gasteiger charge is 2.09. The third-order valence-electron chi connectivity index (χ3n) is 2.17. The van der Waals surface area contributed by atoms with Crippen LogP contribution in [0.2, 0.25) is 0 Å². The van der Waals surface area contributed by atoms with Gasteiger partial charge in [-0.3, -0.25) is 9.59 Å². The van der Waals surface area contributed by atoms with Crippen LogP contribution in [0.5, 0.6) is 0 Å². The normalized spacial score (nSPS) is 11.6. The molecule has 0 saturated carbocycles. The van der Waals surface area contributed by atoms with E-state index in [1.807, 2.05) is 6.92 Å². The fourth-order valence-corrected chi connectivity index (χ4v) is 1.22. The van der Waals surface area contributed by atoms with E-state index in [1.54, 1.807) is 19.3 Å². The summed E-state index contributed by atoms with van der Waals surface area (Å²) in [6.07, 6.45) is 7.16. The topological polar surface area (TPSA) is 51.1 Å². The number of terminal acetylenes is 1. The van der Waals surface area contributed by atoms with E-state index in [0.717, 1.165) is 0 Å². The smallest absolute Gasteiger partial charge is 0.251 e. The van der Waals surface area contributed by atoms with Crippen LogP contribution in [0.4, 0.5) is 0 Å². The lowest BCUT2D eigenvalue weighted by molar-refractivity contribution is 0.0940. The molecule has 0 aliphatic heterocycles. The number of carbonyl (C=O) groups is 1. The van der Waals surface area contributed by atoms with Gasteiger partial charge in [0.05, 0.1) is 0 Å². The van der Waals surface area contributed by atoms with Gasteiger partial charge in [0, 0.05) is 37.3 Å². The molecule has 1 amide bonds. The number of hydrogen-bond donors (Lipinski definition) is 1. The van der Waals surface area contributed by atoms with Crippen LogP contribution in [0.15, 0.2) is 23.1 Å². The van der Waals surface area contributed by atoms with Crippen molar-refractivity contribution in [3.63, 3.8) is 0 Å². The van der Waals surface area contributed by atoms with Crippen LogP contribution >= 0.6 is 0 Å². The molecule has 1 N–H and O–H groups in total. The lowest BCUT2D eigenvalue weighted by Crippen LogP contribution is -2.33. The summed E-state index contributed by atoms with van der Waals surface area (Å²) in [5, 5.41) is 2.71. The van der Waals surface area contributed by atoms with E-state index in [4.69, 9.17) is 6.42 Å². The zero-order valence-corrected chi connectivity index (χ0v) is 9.36. The van der Waals surface area contributed by atoms with Crippen LogP contribution in [0.3, 0.4) is 0 Å². The van der Waals surface area contributed by atoms with Crippen LogP contribution < -0.4 is 10.9 Å². The summed E-state index contributed by atoms with van der Waals surface area (Å²) in [5.74, 6) is 2.19. The Morgan fingerprint density at radius 2 is 2.38 bits per heavy atom. The van der Waals surface area contributed by atoms with Gasteiger partial charge in [0.15, 0.2) is 0 Å². The van der Waals surface area contributed by atoms with Crippen molar-refractivity contribution < 1.29 is 4.79 Å². The summed E-state index contributed by atoms with van der Waals surface area (Å²) in [5.41, 5.74) is 0.143. The van der Waals surface area contributed by atoms with E-state index >= 15 is 0 Å². The van der Waals surface area contributed by atoms with E-state index < -0.39 is 0 Å². The minimum absolute atomic E-state index is 0.0958. The third kappa shape index (κ3) is 2.99. The molecule has 1 aromatic heterocycles. The Kier molecular flexibility index (Phi) is 3.90. The Balaban J connectivity index is 2.78. The highest BCUT2D eigenvalue weighted by Crippen LogP contribution is 1.96. The predicted molar refractivity (Wildman–Crippen MR) is 62.1 cm³/mol. The van der Waals surface area contributed by atoms with Crippen LogP contribution in [-0.2, 0) is 7.05 Å². The van der Waals surface area contributed by atoms with Crippen molar-refractivity contribution >= 4 is 5.91 Å². The van der Waals surface area contributed by atoms with Crippen LogP contribution in [0, 0.1) is 12.3 Å². The van der Waals surface area contributed by atoms with Gasteiger partial charge in [-0.1, -0.05) is 0 Å². The number of rotatable bonds is 3. The minimum Gasteiger partial charge on any atom is -0.349 e. The fraction of sp³-hybridized carbons (Fsp3) is 0.333. The summed E-state index contributed by atoms with van der Waals surface area (Å²) in [6.45, 7) is 1.82. The number of nitrogens with one attached hydrogen (secondary N) is 1. The molecular weight excluding hydrogens is 204 g/mol. The molecule has 1 rings (SSSR count). The van der Waals surface area contributed by atoms with Gasteiger partial charge in [-0.25, -0.2) is 0 Å². The van der Waals surface area contributed by atoms with Gasteiger partial charge < -0.3 is 9.88 Å². The predicted octanol–water partition coefficient (Wildman–Crippen LogP) is 0.527. The molecule has 4 nitrogen and oxygen atoms in total. The molecule has 0 aliphatic carbocycles. The number of nitrogens with zero attached hydrogens (tertiary/aromatic N) is 1. The first kappa shape index (κ1) is 12.1. The first-order valence-corrected chi connectivity index (χ1v) is 4.95. The van der Waals surface area contributed by atoms with Crippen molar-refractivity contribution in [2.24, 2.45) is 7.05 Å². The van der Waals surface area contributed by atoms with Crippen molar-refractivity contribution in [1.29, 1.82) is 0 Å². The van der Waals surface area contributed by atoms with Crippen LogP contribution in [-0.4, -0.2) is 16.5 Å². The Hall–Kier alpha value is -2.02. The van der Waals surface area contributed by atoms with Crippen molar-refractivity contribution in [1.82, 2.24) is 9.88 Å². The van der Waals surface area contributed by atoms with Crippen molar-refractivity contribution in [2.45, 2.75) is 19.4 Å². The molecule has 0 aliphatic rings. The molecule has 0 radical (unpaired) electrons. The molecule has 1 heterocycles. The maximum absolute atomic E-state index is 11.7. The average molecular weight is 218 g/mol. The highest BCUT2D eigenvalue weighted by atomic mass is 16.2. The molecule has 1 aromatic rings. The summed E-state index contributed by atoms with van der Waals surface area (Å²) < 4.78 is 1.40. The molecule has 0 fully saturated rings. The number of hydrogen-bond acceptors (Lipinski definition) is 2. The first-order chi connectivity index (χ1) is 7.54. The van der Waals surface area contributed by atoms with Crippen LogP contribution in [0.1, 0.15) is 23.7 Å². The van der Waals surface area contributed by atoms with Crippen LogP contribution in [0.25, 0.3) is 0 Å². The Morgan fingerprint density at radius 1 is 1.69 bits per heavy atom. The second-order valence-corrected chi connectivity index (χ2v) is 3.65. The van der Waals surface area contributed by atoms with E-state index in [9.17, 15) is 9.59 Å². The van der Waals surface area contributed by atoms with Gasteiger partial charge in [-0.05, 0) is 13.0 Å². The molecule has 0 aromatic carbocycles. The number of aromatic nitrogens is 1. The van der Waals surface area contributed by atoms with E-state index in [1.165, 1.54) is 10.6 Å². The number of amides is 1. The SMILES string of the molecule is C#CCC(C)NC(=O)c1ccn(C)c(=O)c1. The van der Waals surface area contributed by atoms with Gasteiger partial charge in [0.2, 0.25) is 0 Å². The van der Waals surface area contributed by atoms with Crippen molar-refractivity contribution in [3.05, 3.63) is 34.2 Å². The van der Waals surface area contributed by atoms with Gasteiger partial charge in [0.25, 0.3) is 11.5 Å².